The Morgan fingerprint density at radius 3 is 2.06 bits per heavy atom. The van der Waals surface area contributed by atoms with Gasteiger partial charge in [0.25, 0.3) is 0 Å². The van der Waals surface area contributed by atoms with Crippen molar-refractivity contribution in [1.29, 1.82) is 0 Å². The van der Waals surface area contributed by atoms with E-state index in [1.807, 2.05) is 0 Å². The van der Waals surface area contributed by atoms with Gasteiger partial charge in [-0.25, -0.2) is 9.18 Å². The van der Waals surface area contributed by atoms with E-state index in [0.29, 0.717) is 0 Å². The Hall–Kier alpha value is -1.82. The summed E-state index contributed by atoms with van der Waals surface area (Å²) in [6.07, 6.45) is -1.87. The standard InChI is InChI=1S/C12H15FO5/c1-5-7(9(14)12(15)16)11(18-4)10(17-3)6(2)8(5)13/h9,14H,1-4H3,(H,15,16). The lowest BCUT2D eigenvalue weighted by molar-refractivity contribution is -0.147. The maximum atomic E-state index is 13.9. The minimum absolute atomic E-state index is 0.0278. The van der Waals surface area contributed by atoms with Crippen LogP contribution in [-0.2, 0) is 4.79 Å². The Balaban J connectivity index is 3.68. The molecule has 0 spiro atoms. The van der Waals surface area contributed by atoms with E-state index in [9.17, 15) is 14.3 Å². The van der Waals surface area contributed by atoms with E-state index in [4.69, 9.17) is 14.6 Å². The first kappa shape index (κ1) is 14.2. The minimum Gasteiger partial charge on any atom is -0.492 e. The van der Waals surface area contributed by atoms with Crippen molar-refractivity contribution in [2.24, 2.45) is 0 Å². The maximum absolute atomic E-state index is 13.9. The molecule has 18 heavy (non-hydrogen) atoms. The van der Waals surface area contributed by atoms with E-state index in [-0.39, 0.29) is 28.2 Å². The number of rotatable bonds is 4. The second kappa shape index (κ2) is 5.22. The van der Waals surface area contributed by atoms with E-state index in [1.165, 1.54) is 28.1 Å². The zero-order valence-electron chi connectivity index (χ0n) is 10.6. The zero-order valence-corrected chi connectivity index (χ0v) is 10.6. The van der Waals surface area contributed by atoms with Crippen LogP contribution in [0.3, 0.4) is 0 Å². The van der Waals surface area contributed by atoms with Crippen LogP contribution in [0.4, 0.5) is 4.39 Å². The van der Waals surface area contributed by atoms with Crippen LogP contribution in [0.15, 0.2) is 0 Å². The summed E-state index contributed by atoms with van der Waals surface area (Å²) in [5, 5.41) is 18.5. The van der Waals surface area contributed by atoms with Crippen LogP contribution < -0.4 is 9.47 Å². The van der Waals surface area contributed by atoms with Crippen molar-refractivity contribution in [3.8, 4) is 11.5 Å². The molecule has 0 aliphatic heterocycles. The molecule has 5 nitrogen and oxygen atoms in total. The first-order chi connectivity index (χ1) is 8.36. The van der Waals surface area contributed by atoms with Gasteiger partial charge < -0.3 is 19.7 Å². The predicted molar refractivity (Wildman–Crippen MR) is 61.6 cm³/mol. The number of hydrogen-bond acceptors (Lipinski definition) is 4. The number of ether oxygens (including phenoxy) is 2. The Labute approximate surface area is 104 Å². The molecule has 1 aromatic carbocycles. The van der Waals surface area contributed by atoms with Gasteiger partial charge in [0, 0.05) is 11.1 Å². The normalized spacial score (nSPS) is 12.1. The molecule has 100 valence electrons. The van der Waals surface area contributed by atoms with Gasteiger partial charge in [-0.15, -0.1) is 0 Å². The number of benzene rings is 1. The fourth-order valence-electron chi connectivity index (χ4n) is 1.86. The smallest absolute Gasteiger partial charge is 0.337 e. The molecule has 0 saturated carbocycles. The molecule has 0 aromatic heterocycles. The third-order valence-electron chi connectivity index (χ3n) is 2.77. The van der Waals surface area contributed by atoms with Gasteiger partial charge in [0.1, 0.15) is 5.82 Å². The molecule has 1 unspecified atom stereocenters. The van der Waals surface area contributed by atoms with Crippen molar-refractivity contribution in [3.05, 3.63) is 22.5 Å². The first-order valence-corrected chi connectivity index (χ1v) is 5.18. The average Bonchev–Trinajstić information content (AvgIpc) is 2.34. The van der Waals surface area contributed by atoms with E-state index in [0.717, 1.165) is 0 Å². The number of carboxylic acid groups (broad SMARTS) is 1. The fraction of sp³-hybridized carbons (Fsp3) is 0.417. The van der Waals surface area contributed by atoms with Crippen LogP contribution in [0, 0.1) is 19.7 Å². The molecular formula is C12H15FO5. The topological polar surface area (TPSA) is 76.0 Å². The third kappa shape index (κ3) is 2.11. The molecule has 2 N–H and O–H groups in total. The van der Waals surface area contributed by atoms with Crippen LogP contribution in [0.2, 0.25) is 0 Å². The van der Waals surface area contributed by atoms with E-state index >= 15 is 0 Å². The van der Waals surface area contributed by atoms with Crippen LogP contribution >= 0.6 is 0 Å². The highest BCUT2D eigenvalue weighted by molar-refractivity contribution is 5.77. The molecule has 1 rings (SSSR count). The summed E-state index contributed by atoms with van der Waals surface area (Å²) in [6, 6.07) is 0. The van der Waals surface area contributed by atoms with E-state index < -0.39 is 17.9 Å². The lowest BCUT2D eigenvalue weighted by Gasteiger charge is -2.20. The van der Waals surface area contributed by atoms with Crippen LogP contribution in [0.25, 0.3) is 0 Å². The molecule has 0 amide bonds. The summed E-state index contributed by atoms with van der Waals surface area (Å²) in [7, 11) is 2.61. The number of aliphatic hydroxyl groups excluding tert-OH is 1. The SMILES string of the molecule is COc1c(C)c(F)c(C)c(C(O)C(=O)O)c1OC. The third-order valence-corrected chi connectivity index (χ3v) is 2.77. The lowest BCUT2D eigenvalue weighted by Crippen LogP contribution is -2.15. The highest BCUT2D eigenvalue weighted by atomic mass is 19.1. The van der Waals surface area contributed by atoms with Gasteiger partial charge in [0.15, 0.2) is 17.6 Å². The highest BCUT2D eigenvalue weighted by Crippen LogP contribution is 2.41. The quantitative estimate of drug-likeness (QED) is 0.857. The summed E-state index contributed by atoms with van der Waals surface area (Å²) in [5.41, 5.74) is 0.0955. The molecule has 0 bridgehead atoms. The second-order valence-electron chi connectivity index (χ2n) is 3.78. The molecule has 1 atom stereocenters. The number of aliphatic carboxylic acids is 1. The highest BCUT2D eigenvalue weighted by Gasteiger charge is 2.29. The van der Waals surface area contributed by atoms with Gasteiger partial charge >= 0.3 is 5.97 Å². The molecule has 0 aliphatic rings. The van der Waals surface area contributed by atoms with E-state index in [2.05, 4.69) is 0 Å². The summed E-state index contributed by atoms with van der Waals surface area (Å²) in [4.78, 5) is 10.8. The minimum atomic E-state index is -1.87. The second-order valence-corrected chi connectivity index (χ2v) is 3.78. The molecule has 0 fully saturated rings. The summed E-state index contributed by atoms with van der Waals surface area (Å²) in [6.45, 7) is 2.87. The van der Waals surface area contributed by atoms with Gasteiger partial charge in [0.05, 0.1) is 14.2 Å². The summed E-state index contributed by atoms with van der Waals surface area (Å²) >= 11 is 0. The van der Waals surface area contributed by atoms with Crippen molar-refractivity contribution in [2.45, 2.75) is 20.0 Å². The molecule has 0 heterocycles. The van der Waals surface area contributed by atoms with Crippen molar-refractivity contribution in [3.63, 3.8) is 0 Å². The molecule has 0 aliphatic carbocycles. The Morgan fingerprint density at radius 1 is 1.17 bits per heavy atom. The van der Waals surface area contributed by atoms with E-state index in [1.54, 1.807) is 0 Å². The molecule has 0 radical (unpaired) electrons. The number of hydrogen-bond donors (Lipinski definition) is 2. The van der Waals surface area contributed by atoms with Crippen molar-refractivity contribution < 1.29 is 28.9 Å². The Kier molecular flexibility index (Phi) is 4.13. The molecular weight excluding hydrogens is 243 g/mol. The summed E-state index contributed by atoms with van der Waals surface area (Å²) < 4.78 is 24.0. The van der Waals surface area contributed by atoms with Crippen LogP contribution in [0.1, 0.15) is 22.8 Å². The molecule has 0 saturated heterocycles. The number of halogens is 1. The monoisotopic (exact) mass is 258 g/mol. The fourth-order valence-corrected chi connectivity index (χ4v) is 1.86. The largest absolute Gasteiger partial charge is 0.492 e. The predicted octanol–water partition coefficient (Wildman–Crippen LogP) is 1.58. The van der Waals surface area contributed by atoms with Gasteiger partial charge in [-0.05, 0) is 19.4 Å². The Morgan fingerprint density at radius 2 is 1.67 bits per heavy atom. The number of carboxylic acids is 1. The van der Waals surface area contributed by atoms with Crippen molar-refractivity contribution in [2.75, 3.05) is 14.2 Å². The molecule has 1 aromatic rings. The lowest BCUT2D eigenvalue weighted by atomic mass is 9.97. The average molecular weight is 258 g/mol. The van der Waals surface area contributed by atoms with Crippen LogP contribution in [0.5, 0.6) is 11.5 Å². The zero-order chi connectivity index (χ0) is 14.0. The number of methoxy groups -OCH3 is 2. The number of aliphatic hydroxyl groups is 1. The molecule has 6 heteroatoms. The van der Waals surface area contributed by atoms with Gasteiger partial charge in [-0.2, -0.15) is 0 Å². The Bertz CT molecular complexity index is 484. The van der Waals surface area contributed by atoms with Gasteiger partial charge in [-0.3, -0.25) is 0 Å². The van der Waals surface area contributed by atoms with Crippen molar-refractivity contribution in [1.82, 2.24) is 0 Å². The summed E-state index contributed by atoms with van der Waals surface area (Å²) in [5.74, 6) is -2.00. The van der Waals surface area contributed by atoms with Gasteiger partial charge in [-0.1, -0.05) is 0 Å². The first-order valence-electron chi connectivity index (χ1n) is 5.18. The number of carbonyl (C=O) groups is 1. The van der Waals surface area contributed by atoms with Gasteiger partial charge in [0.2, 0.25) is 0 Å². The van der Waals surface area contributed by atoms with Crippen molar-refractivity contribution >= 4 is 5.97 Å². The van der Waals surface area contributed by atoms with Crippen LogP contribution in [-0.4, -0.2) is 30.4 Å². The maximum Gasteiger partial charge on any atom is 0.337 e.